The maximum atomic E-state index is 6.72. The molecule has 0 aliphatic carbocycles. The minimum absolute atomic E-state index is 0.530. The Morgan fingerprint density at radius 1 is 0.702 bits per heavy atom. The molecule has 0 amide bonds. The van der Waals surface area contributed by atoms with Gasteiger partial charge in [0.15, 0.2) is 0 Å². The van der Waals surface area contributed by atoms with Crippen molar-refractivity contribution >= 4 is 34.3 Å². The Labute approximate surface area is 281 Å². The van der Waals surface area contributed by atoms with E-state index in [9.17, 15) is 0 Å². The van der Waals surface area contributed by atoms with Crippen molar-refractivity contribution in [2.24, 2.45) is 10.7 Å². The van der Waals surface area contributed by atoms with E-state index in [1.165, 1.54) is 44.2 Å². The Kier molecular flexibility index (Phi) is 10.9. The lowest BCUT2D eigenvalue weighted by Crippen LogP contribution is -2.14. The minimum atomic E-state index is 0.530. The summed E-state index contributed by atoms with van der Waals surface area (Å²) in [6, 6.07) is 32.5. The molecule has 2 heteroatoms. The summed E-state index contributed by atoms with van der Waals surface area (Å²) in [5, 5.41) is 2.50. The minimum Gasteiger partial charge on any atom is -0.383 e. The molecule has 2 nitrogen and oxygen atoms in total. The van der Waals surface area contributed by atoms with Crippen molar-refractivity contribution in [1.82, 2.24) is 0 Å². The van der Waals surface area contributed by atoms with Crippen molar-refractivity contribution in [2.75, 3.05) is 0 Å². The number of hydrogen-bond acceptors (Lipinski definition) is 1. The molecule has 0 aromatic heterocycles. The van der Waals surface area contributed by atoms with E-state index in [-0.39, 0.29) is 0 Å². The van der Waals surface area contributed by atoms with Crippen LogP contribution in [0.25, 0.3) is 50.8 Å². The zero-order valence-corrected chi connectivity index (χ0v) is 28.5. The molecule has 5 aromatic rings. The second kappa shape index (κ2) is 15.4. The monoisotopic (exact) mass is 614 g/mol. The molecule has 0 aliphatic heterocycles. The lowest BCUT2D eigenvalue weighted by atomic mass is 9.87. The number of fused-ring (bicyclic) bond motifs is 1. The highest BCUT2D eigenvalue weighted by Gasteiger charge is 2.14. The van der Waals surface area contributed by atoms with Gasteiger partial charge in [0.05, 0.1) is 6.54 Å². The van der Waals surface area contributed by atoms with Crippen LogP contribution in [0.15, 0.2) is 127 Å². The molecule has 0 atom stereocenters. The number of hydrogen-bond donors (Lipinski definition) is 1. The van der Waals surface area contributed by atoms with Gasteiger partial charge >= 0.3 is 0 Å². The molecular weight excluding hydrogens is 569 g/mol. The molecule has 47 heavy (non-hydrogen) atoms. The third-order valence-electron chi connectivity index (χ3n) is 8.90. The number of amidine groups is 1. The van der Waals surface area contributed by atoms with Gasteiger partial charge in [-0.1, -0.05) is 123 Å². The maximum absolute atomic E-state index is 6.72. The maximum Gasteiger partial charge on any atom is 0.125 e. The van der Waals surface area contributed by atoms with Gasteiger partial charge in [-0.15, -0.1) is 0 Å². The number of nitrogens with zero attached hydrogens (tertiary/aromatic N) is 1. The molecule has 5 aromatic carbocycles. The van der Waals surface area contributed by atoms with Crippen LogP contribution in [0.1, 0.15) is 72.6 Å². The van der Waals surface area contributed by atoms with Crippen molar-refractivity contribution in [3.05, 3.63) is 161 Å². The van der Waals surface area contributed by atoms with Gasteiger partial charge in [0.25, 0.3) is 0 Å². The summed E-state index contributed by atoms with van der Waals surface area (Å²) in [4.78, 5) is 4.81. The highest BCUT2D eigenvalue weighted by molar-refractivity contribution is 6.03. The first kappa shape index (κ1) is 33.2. The molecule has 236 valence electrons. The number of rotatable bonds is 11. The predicted octanol–water partition coefficient (Wildman–Crippen LogP) is 12.1. The molecule has 0 heterocycles. The lowest BCUT2D eigenvalue weighted by Gasteiger charge is -2.17. The normalized spacial score (nSPS) is 12.4. The summed E-state index contributed by atoms with van der Waals surface area (Å²) < 4.78 is 0. The van der Waals surface area contributed by atoms with E-state index in [0.29, 0.717) is 12.4 Å². The van der Waals surface area contributed by atoms with E-state index in [2.05, 4.69) is 144 Å². The molecule has 0 radical (unpaired) electrons. The first-order chi connectivity index (χ1) is 22.9. The average molecular weight is 615 g/mol. The Morgan fingerprint density at radius 3 is 1.94 bits per heavy atom. The van der Waals surface area contributed by atoms with Crippen molar-refractivity contribution < 1.29 is 0 Å². The smallest absolute Gasteiger partial charge is 0.125 e. The summed E-state index contributed by atoms with van der Waals surface area (Å²) in [5.74, 6) is 0.530. The van der Waals surface area contributed by atoms with Crippen LogP contribution in [-0.2, 0) is 6.54 Å². The number of aliphatic imine (C=N–C) groups is 1. The van der Waals surface area contributed by atoms with Crippen molar-refractivity contribution in [2.45, 2.75) is 54.0 Å². The van der Waals surface area contributed by atoms with E-state index in [0.717, 1.165) is 46.2 Å². The van der Waals surface area contributed by atoms with Crippen LogP contribution in [-0.4, -0.2) is 5.84 Å². The van der Waals surface area contributed by atoms with E-state index in [1.54, 1.807) is 0 Å². The SMILES string of the molecule is C=C/C(=C\CCC)c1ccc(-c2cc(C(N)=NCc3ccccc3)cc(-c3ccc4c(/C=C\C)c(C)c(C)c(/C=C\C)c4c3)c2)cc1. The number of allylic oxidation sites excluding steroid dienone is 5. The van der Waals surface area contributed by atoms with Gasteiger partial charge in [-0.3, -0.25) is 4.99 Å². The summed E-state index contributed by atoms with van der Waals surface area (Å²) >= 11 is 0. The van der Waals surface area contributed by atoms with Crippen LogP contribution in [0.5, 0.6) is 0 Å². The second-order valence-electron chi connectivity index (χ2n) is 12.1. The third-order valence-corrected chi connectivity index (χ3v) is 8.90. The molecule has 0 spiro atoms. The first-order valence-electron chi connectivity index (χ1n) is 16.6. The third kappa shape index (κ3) is 7.45. The van der Waals surface area contributed by atoms with E-state index >= 15 is 0 Å². The largest absolute Gasteiger partial charge is 0.383 e. The number of nitrogens with two attached hydrogens (primary N) is 1. The van der Waals surface area contributed by atoms with Crippen LogP contribution >= 0.6 is 0 Å². The Balaban J connectivity index is 1.67. The van der Waals surface area contributed by atoms with Gasteiger partial charge in [0.2, 0.25) is 0 Å². The molecule has 0 bridgehead atoms. The van der Waals surface area contributed by atoms with Crippen molar-refractivity contribution in [3.8, 4) is 22.3 Å². The molecule has 0 fully saturated rings. The van der Waals surface area contributed by atoms with E-state index in [1.807, 2.05) is 24.3 Å². The average Bonchev–Trinajstić information content (AvgIpc) is 3.11. The van der Waals surface area contributed by atoms with Gasteiger partial charge in [-0.2, -0.15) is 0 Å². The Hall–Kier alpha value is -5.21. The fourth-order valence-corrected chi connectivity index (χ4v) is 6.19. The van der Waals surface area contributed by atoms with Gasteiger partial charge in [0.1, 0.15) is 5.84 Å². The Morgan fingerprint density at radius 2 is 1.32 bits per heavy atom. The van der Waals surface area contributed by atoms with Crippen LogP contribution < -0.4 is 5.73 Å². The van der Waals surface area contributed by atoms with Crippen LogP contribution in [0, 0.1) is 13.8 Å². The van der Waals surface area contributed by atoms with Gasteiger partial charge in [-0.05, 0) is 130 Å². The summed E-state index contributed by atoms with van der Waals surface area (Å²) in [7, 11) is 0. The van der Waals surface area contributed by atoms with Crippen LogP contribution in [0.4, 0.5) is 0 Å². The van der Waals surface area contributed by atoms with Crippen LogP contribution in [0.2, 0.25) is 0 Å². The highest BCUT2D eigenvalue weighted by Crippen LogP contribution is 2.36. The molecular formula is C45H46N2. The zero-order valence-electron chi connectivity index (χ0n) is 28.5. The van der Waals surface area contributed by atoms with Gasteiger partial charge in [-0.25, -0.2) is 0 Å². The molecule has 2 N–H and O–H groups in total. The molecule has 0 unspecified atom stereocenters. The van der Waals surface area contributed by atoms with Crippen molar-refractivity contribution in [1.29, 1.82) is 0 Å². The highest BCUT2D eigenvalue weighted by atomic mass is 14.8. The quantitative estimate of drug-likeness (QED) is 0.0897. The molecule has 0 saturated heterocycles. The van der Waals surface area contributed by atoms with Crippen molar-refractivity contribution in [3.63, 3.8) is 0 Å². The second-order valence-corrected chi connectivity index (χ2v) is 12.1. The molecule has 5 rings (SSSR count). The molecule has 0 aliphatic rings. The summed E-state index contributed by atoms with van der Waals surface area (Å²) in [6.45, 7) is 15.4. The topological polar surface area (TPSA) is 38.4 Å². The van der Waals surface area contributed by atoms with Crippen LogP contribution in [0.3, 0.4) is 0 Å². The first-order valence-corrected chi connectivity index (χ1v) is 16.6. The molecule has 0 saturated carbocycles. The standard InChI is InChI=1S/C45H46N2/c1-7-11-19-34(10-4)35-20-22-36(23-21-35)38-26-39(28-40(27-38)45(46)47-30-33-17-13-12-14-18-33)37-24-25-43-41(15-8-2)31(5)32(6)42(16-9-3)44(43)29-37/h8-10,12-29H,4,7,11,30H2,1-3,5-6H3,(H2,46,47)/b15-8-,16-9-,34-19+. The van der Waals surface area contributed by atoms with E-state index in [4.69, 9.17) is 10.7 Å². The zero-order chi connectivity index (χ0) is 33.3. The summed E-state index contributed by atoms with van der Waals surface area (Å²) in [6.07, 6.45) is 15.1. The summed E-state index contributed by atoms with van der Waals surface area (Å²) in [5.41, 5.74) is 20.7. The van der Waals surface area contributed by atoms with Gasteiger partial charge in [0, 0.05) is 5.56 Å². The predicted molar refractivity (Wildman–Crippen MR) is 208 cm³/mol. The number of benzene rings is 5. The fourth-order valence-electron chi connectivity index (χ4n) is 6.19. The Bertz CT molecular complexity index is 2000. The fraction of sp³-hybridized carbons (Fsp3) is 0.178. The van der Waals surface area contributed by atoms with E-state index < -0.39 is 0 Å². The van der Waals surface area contributed by atoms with Gasteiger partial charge < -0.3 is 5.73 Å². The number of unbranched alkanes of at least 4 members (excludes halogenated alkanes) is 1. The lowest BCUT2D eigenvalue weighted by molar-refractivity contribution is 0.960.